The van der Waals surface area contributed by atoms with E-state index in [0.29, 0.717) is 5.71 Å². The molecule has 0 saturated carbocycles. The first-order valence-electron chi connectivity index (χ1n) is 9.61. The van der Waals surface area contributed by atoms with Crippen LogP contribution in [0.15, 0.2) is 82.8 Å². The molecule has 3 aromatic carbocycles. The molecule has 0 fully saturated rings. The Morgan fingerprint density at radius 3 is 2.25 bits per heavy atom. The van der Waals surface area contributed by atoms with Crippen molar-refractivity contribution in [3.63, 3.8) is 0 Å². The highest BCUT2D eigenvalue weighted by molar-refractivity contribution is 7.92. The third-order valence-electron chi connectivity index (χ3n) is 4.63. The van der Waals surface area contributed by atoms with Gasteiger partial charge in [0, 0.05) is 0 Å². The molecule has 9 heteroatoms. The molecule has 0 heterocycles. The van der Waals surface area contributed by atoms with E-state index in [1.165, 1.54) is 30.3 Å². The summed E-state index contributed by atoms with van der Waals surface area (Å²) < 4.78 is 27.5. The molecule has 0 atom stereocenters. The molecule has 3 rings (SSSR count). The SMILES string of the molecule is C/C(=N\NC(=O)CN(c1ccc(Cl)c(Cl)c1)S(=O)(=O)c1ccccc1)c1ccc(C)cc1. The lowest BCUT2D eigenvalue weighted by molar-refractivity contribution is -0.119. The van der Waals surface area contributed by atoms with Crippen LogP contribution in [0.4, 0.5) is 5.69 Å². The van der Waals surface area contributed by atoms with Gasteiger partial charge in [-0.1, -0.05) is 71.2 Å². The number of hydrogen-bond acceptors (Lipinski definition) is 4. The van der Waals surface area contributed by atoms with E-state index in [4.69, 9.17) is 23.2 Å². The van der Waals surface area contributed by atoms with Crippen LogP contribution in [0.3, 0.4) is 0 Å². The number of hydrazone groups is 1. The van der Waals surface area contributed by atoms with Crippen LogP contribution in [-0.4, -0.2) is 26.6 Å². The van der Waals surface area contributed by atoms with Crippen LogP contribution in [-0.2, 0) is 14.8 Å². The number of nitrogens with zero attached hydrogens (tertiary/aromatic N) is 2. The molecule has 0 bridgehead atoms. The van der Waals surface area contributed by atoms with Gasteiger partial charge in [-0.3, -0.25) is 9.10 Å². The summed E-state index contributed by atoms with van der Waals surface area (Å²) in [6.45, 7) is 3.23. The third-order valence-corrected chi connectivity index (χ3v) is 7.15. The van der Waals surface area contributed by atoms with Crippen LogP contribution in [0.25, 0.3) is 0 Å². The largest absolute Gasteiger partial charge is 0.271 e. The first-order chi connectivity index (χ1) is 15.2. The van der Waals surface area contributed by atoms with Crippen LogP contribution in [0.1, 0.15) is 18.1 Å². The second-order valence-corrected chi connectivity index (χ2v) is 9.70. The number of benzene rings is 3. The molecule has 1 N–H and O–H groups in total. The Morgan fingerprint density at radius 2 is 1.62 bits per heavy atom. The number of carbonyl (C=O) groups is 1. The summed E-state index contributed by atoms with van der Waals surface area (Å²) in [7, 11) is -4.05. The molecule has 0 radical (unpaired) electrons. The van der Waals surface area contributed by atoms with Gasteiger partial charge in [0.15, 0.2) is 0 Å². The Labute approximate surface area is 197 Å². The highest BCUT2D eigenvalue weighted by Crippen LogP contribution is 2.30. The molecule has 0 aliphatic rings. The smallest absolute Gasteiger partial charge is 0.264 e. The first kappa shape index (κ1) is 23.8. The number of carbonyl (C=O) groups excluding carboxylic acids is 1. The molecule has 1 amide bonds. The van der Waals surface area contributed by atoms with Crippen molar-refractivity contribution in [1.82, 2.24) is 5.43 Å². The number of amides is 1. The van der Waals surface area contributed by atoms with Crippen molar-refractivity contribution in [3.8, 4) is 0 Å². The molecule has 6 nitrogen and oxygen atoms in total. The predicted octanol–water partition coefficient (Wildman–Crippen LogP) is 5.04. The van der Waals surface area contributed by atoms with Gasteiger partial charge in [-0.05, 0) is 49.7 Å². The molecule has 0 unspecified atom stereocenters. The van der Waals surface area contributed by atoms with Crippen LogP contribution in [0.2, 0.25) is 10.0 Å². The minimum Gasteiger partial charge on any atom is -0.271 e. The number of anilines is 1. The third kappa shape index (κ3) is 5.68. The number of nitrogens with one attached hydrogen (secondary N) is 1. The van der Waals surface area contributed by atoms with Gasteiger partial charge in [0.25, 0.3) is 15.9 Å². The van der Waals surface area contributed by atoms with Gasteiger partial charge < -0.3 is 0 Å². The van der Waals surface area contributed by atoms with Gasteiger partial charge in [-0.2, -0.15) is 5.10 Å². The Balaban J connectivity index is 1.88. The van der Waals surface area contributed by atoms with Gasteiger partial charge >= 0.3 is 0 Å². The van der Waals surface area contributed by atoms with Crippen LogP contribution >= 0.6 is 23.2 Å². The molecule has 0 aliphatic carbocycles. The maximum absolute atomic E-state index is 13.3. The first-order valence-corrected chi connectivity index (χ1v) is 11.8. The minimum absolute atomic E-state index is 0.0400. The standard InChI is InChI=1S/C23H21Cl2N3O3S/c1-16-8-10-18(11-9-16)17(2)26-27-23(29)15-28(19-12-13-21(24)22(25)14-19)32(30,31)20-6-4-3-5-7-20/h3-14H,15H2,1-2H3,(H,27,29)/b26-17+. The molecule has 0 aromatic heterocycles. The zero-order chi connectivity index (χ0) is 23.3. The lowest BCUT2D eigenvalue weighted by Crippen LogP contribution is -2.39. The van der Waals surface area contributed by atoms with Crippen LogP contribution in [0.5, 0.6) is 0 Å². The lowest BCUT2D eigenvalue weighted by Gasteiger charge is -2.24. The van der Waals surface area contributed by atoms with E-state index in [-0.39, 0.29) is 20.6 Å². The quantitative estimate of drug-likeness (QED) is 0.373. The summed E-state index contributed by atoms with van der Waals surface area (Å²) in [5.41, 5.74) is 5.17. The van der Waals surface area contributed by atoms with Gasteiger partial charge in [0.2, 0.25) is 0 Å². The van der Waals surface area contributed by atoms with Crippen molar-refractivity contribution in [3.05, 3.63) is 94.0 Å². The van der Waals surface area contributed by atoms with E-state index >= 15 is 0 Å². The number of hydrogen-bond donors (Lipinski definition) is 1. The van der Waals surface area contributed by atoms with E-state index in [1.54, 1.807) is 25.1 Å². The fourth-order valence-corrected chi connectivity index (χ4v) is 4.57. The van der Waals surface area contributed by atoms with Crippen molar-refractivity contribution in [1.29, 1.82) is 0 Å². The number of sulfonamides is 1. The fourth-order valence-electron chi connectivity index (χ4n) is 2.85. The maximum atomic E-state index is 13.3. The van der Waals surface area contributed by atoms with Gasteiger partial charge in [-0.25, -0.2) is 13.8 Å². The van der Waals surface area contributed by atoms with E-state index in [1.807, 2.05) is 31.2 Å². The lowest BCUT2D eigenvalue weighted by atomic mass is 10.1. The normalized spacial score (nSPS) is 11.8. The summed E-state index contributed by atoms with van der Waals surface area (Å²) in [4.78, 5) is 12.7. The van der Waals surface area contributed by atoms with E-state index in [9.17, 15) is 13.2 Å². The number of rotatable bonds is 7. The topological polar surface area (TPSA) is 78.8 Å². The summed E-state index contributed by atoms with van der Waals surface area (Å²) in [6, 6.07) is 19.9. The molecule has 32 heavy (non-hydrogen) atoms. The van der Waals surface area contributed by atoms with E-state index in [2.05, 4.69) is 10.5 Å². The molecule has 166 valence electrons. The second kappa shape index (κ2) is 10.2. The molecule has 0 aliphatic heterocycles. The summed E-state index contributed by atoms with van der Waals surface area (Å²) in [5.74, 6) is -0.609. The van der Waals surface area contributed by atoms with Crippen LogP contribution < -0.4 is 9.73 Å². The molecule has 0 spiro atoms. The molecular weight excluding hydrogens is 469 g/mol. The van der Waals surface area contributed by atoms with Crippen LogP contribution in [0, 0.1) is 6.92 Å². The van der Waals surface area contributed by atoms with Crippen molar-refractivity contribution >= 4 is 50.5 Å². The Morgan fingerprint density at radius 1 is 0.969 bits per heavy atom. The highest BCUT2D eigenvalue weighted by Gasteiger charge is 2.27. The number of halogens is 2. The van der Waals surface area contributed by atoms with Crippen molar-refractivity contribution < 1.29 is 13.2 Å². The van der Waals surface area contributed by atoms with Crippen molar-refractivity contribution in [2.45, 2.75) is 18.7 Å². The summed E-state index contributed by atoms with van der Waals surface area (Å²) in [5, 5.41) is 4.55. The molecular formula is C23H21Cl2N3O3S. The van der Waals surface area contributed by atoms with Gasteiger partial charge in [0.1, 0.15) is 6.54 Å². The molecule has 3 aromatic rings. The van der Waals surface area contributed by atoms with E-state index in [0.717, 1.165) is 15.4 Å². The zero-order valence-corrected chi connectivity index (χ0v) is 19.7. The average molecular weight is 490 g/mol. The van der Waals surface area contributed by atoms with E-state index < -0.39 is 22.5 Å². The Kier molecular flexibility index (Phi) is 7.56. The molecule has 0 saturated heterocycles. The van der Waals surface area contributed by atoms with Crippen molar-refractivity contribution in [2.75, 3.05) is 10.8 Å². The Bertz CT molecular complexity index is 1250. The average Bonchev–Trinajstić information content (AvgIpc) is 2.78. The summed E-state index contributed by atoms with van der Waals surface area (Å²) in [6.07, 6.45) is 0. The fraction of sp³-hybridized carbons (Fsp3) is 0.130. The second-order valence-electron chi connectivity index (χ2n) is 7.02. The predicted molar refractivity (Wildman–Crippen MR) is 129 cm³/mol. The summed E-state index contributed by atoms with van der Waals surface area (Å²) >= 11 is 12.1. The zero-order valence-electron chi connectivity index (χ0n) is 17.4. The number of aryl methyl sites for hydroxylation is 1. The van der Waals surface area contributed by atoms with Gasteiger partial charge in [-0.15, -0.1) is 0 Å². The monoisotopic (exact) mass is 489 g/mol. The van der Waals surface area contributed by atoms with Crippen molar-refractivity contribution in [2.24, 2.45) is 5.10 Å². The highest BCUT2D eigenvalue weighted by atomic mass is 35.5. The minimum atomic E-state index is -4.05. The Hall–Kier alpha value is -2.87. The van der Waals surface area contributed by atoms with Gasteiger partial charge in [0.05, 0.1) is 26.3 Å². The maximum Gasteiger partial charge on any atom is 0.264 e.